The number of nitrogens with zero attached hydrogens (tertiary/aromatic N) is 2. The number of allylic oxidation sites excluding steroid dienone is 2. The topological polar surface area (TPSA) is 84.2 Å². The van der Waals surface area contributed by atoms with Crippen molar-refractivity contribution in [1.82, 2.24) is 15.1 Å². The Morgan fingerprint density at radius 1 is 1.14 bits per heavy atom. The molecule has 0 spiro atoms. The summed E-state index contributed by atoms with van der Waals surface area (Å²) in [5.41, 5.74) is -0.276. The summed E-state index contributed by atoms with van der Waals surface area (Å²) in [7, 11) is 0. The third-order valence-electron chi connectivity index (χ3n) is 6.28. The third-order valence-corrected chi connectivity index (χ3v) is 6.28. The number of hydrogen-bond acceptors (Lipinski definition) is 3. The summed E-state index contributed by atoms with van der Waals surface area (Å²) in [6, 6.07) is 1.12. The molecule has 2 saturated carbocycles. The first-order valence-corrected chi connectivity index (χ1v) is 10.1. The van der Waals surface area contributed by atoms with Crippen molar-refractivity contribution in [2.75, 3.05) is 6.54 Å². The zero-order valence-electron chi connectivity index (χ0n) is 15.9. The van der Waals surface area contributed by atoms with Gasteiger partial charge in [-0.3, -0.25) is 14.3 Å². The molecule has 1 aromatic rings. The van der Waals surface area contributed by atoms with E-state index in [0.29, 0.717) is 12.1 Å². The quantitative estimate of drug-likeness (QED) is 0.533. The number of halogens is 3. The molecule has 0 saturated heterocycles. The highest BCUT2D eigenvalue weighted by Crippen LogP contribution is 2.45. The minimum Gasteiger partial charge on any atom is -0.481 e. The maximum atomic E-state index is 13.0. The Kier molecular flexibility index (Phi) is 5.16. The SMILES string of the molecule is O=C(O)[C@@H]1[C@@H](C(=O)NCCCn2nc(C(F)(F)F)cc2C2CC2)[C@H]2C=C[C@H]1CC2. The maximum absolute atomic E-state index is 13.0. The lowest BCUT2D eigenvalue weighted by Crippen LogP contribution is -2.49. The van der Waals surface area contributed by atoms with Crippen LogP contribution < -0.4 is 5.32 Å². The molecule has 1 heterocycles. The van der Waals surface area contributed by atoms with Crippen LogP contribution in [0.2, 0.25) is 0 Å². The number of amides is 1. The molecule has 29 heavy (non-hydrogen) atoms. The largest absolute Gasteiger partial charge is 0.481 e. The smallest absolute Gasteiger partial charge is 0.435 e. The minimum atomic E-state index is -4.47. The first-order valence-electron chi connectivity index (χ1n) is 10.1. The molecule has 5 rings (SSSR count). The molecule has 0 aliphatic heterocycles. The number of carbonyl (C=O) groups is 2. The fourth-order valence-electron chi connectivity index (χ4n) is 4.70. The summed E-state index contributed by atoms with van der Waals surface area (Å²) in [6.07, 6.45) is 3.14. The standard InChI is InChI=1S/C20H24F3N3O3/c21-20(22,23)15-10-14(11-2-3-11)26(25-15)9-1-8-24-18(27)16-12-4-6-13(7-5-12)17(16)19(28)29/h4,6,10-13,16-17H,1-3,5,7-9H2,(H,24,27)(H,28,29)/t12-,13-,16-,17-/m0/s1. The van der Waals surface area contributed by atoms with E-state index < -0.39 is 29.7 Å². The molecule has 6 nitrogen and oxygen atoms in total. The number of aromatic nitrogens is 2. The van der Waals surface area contributed by atoms with Gasteiger partial charge in [-0.05, 0) is 50.0 Å². The van der Waals surface area contributed by atoms with E-state index in [-0.39, 0.29) is 36.8 Å². The number of aryl methyl sites for hydroxylation is 1. The zero-order chi connectivity index (χ0) is 20.8. The van der Waals surface area contributed by atoms with E-state index in [1.165, 1.54) is 4.68 Å². The zero-order valence-corrected chi connectivity index (χ0v) is 15.9. The summed E-state index contributed by atoms with van der Waals surface area (Å²) < 4.78 is 40.3. The monoisotopic (exact) mass is 411 g/mol. The van der Waals surface area contributed by atoms with Crippen LogP contribution in [0.4, 0.5) is 13.2 Å². The highest BCUT2D eigenvalue weighted by molar-refractivity contribution is 5.86. The van der Waals surface area contributed by atoms with E-state index in [4.69, 9.17) is 0 Å². The van der Waals surface area contributed by atoms with Crippen molar-refractivity contribution in [3.63, 3.8) is 0 Å². The summed E-state index contributed by atoms with van der Waals surface area (Å²) in [4.78, 5) is 24.3. The number of carbonyl (C=O) groups excluding carboxylic acids is 1. The second-order valence-corrected chi connectivity index (χ2v) is 8.27. The highest BCUT2D eigenvalue weighted by atomic mass is 19.4. The van der Waals surface area contributed by atoms with Crippen molar-refractivity contribution in [3.05, 3.63) is 29.6 Å². The molecule has 4 aliphatic rings. The number of nitrogens with one attached hydrogen (secondary N) is 1. The number of fused-ring (bicyclic) bond motifs is 2. The molecule has 158 valence electrons. The summed E-state index contributed by atoms with van der Waals surface area (Å²) in [6.45, 7) is 0.551. The number of rotatable bonds is 7. The van der Waals surface area contributed by atoms with Crippen LogP contribution in [0, 0.1) is 23.7 Å². The van der Waals surface area contributed by atoms with E-state index >= 15 is 0 Å². The first kappa shape index (κ1) is 20.0. The molecule has 2 bridgehead atoms. The molecule has 2 fully saturated rings. The van der Waals surface area contributed by atoms with Crippen LogP contribution in [0.25, 0.3) is 0 Å². The lowest BCUT2D eigenvalue weighted by Gasteiger charge is -2.41. The molecule has 0 radical (unpaired) electrons. The van der Waals surface area contributed by atoms with Crippen molar-refractivity contribution in [2.24, 2.45) is 23.7 Å². The second-order valence-electron chi connectivity index (χ2n) is 8.27. The van der Waals surface area contributed by atoms with E-state index in [9.17, 15) is 27.9 Å². The molecule has 2 N–H and O–H groups in total. The van der Waals surface area contributed by atoms with Crippen LogP contribution in [0.1, 0.15) is 49.4 Å². The Balaban J connectivity index is 1.34. The van der Waals surface area contributed by atoms with Crippen molar-refractivity contribution < 1.29 is 27.9 Å². The summed E-state index contributed by atoms with van der Waals surface area (Å²) >= 11 is 0. The van der Waals surface area contributed by atoms with Crippen LogP contribution in [-0.2, 0) is 22.3 Å². The van der Waals surface area contributed by atoms with Crippen molar-refractivity contribution in [3.8, 4) is 0 Å². The predicted molar refractivity (Wildman–Crippen MR) is 96.8 cm³/mol. The van der Waals surface area contributed by atoms with E-state index in [2.05, 4.69) is 10.4 Å². The molecular formula is C20H24F3N3O3. The van der Waals surface area contributed by atoms with Gasteiger partial charge < -0.3 is 10.4 Å². The van der Waals surface area contributed by atoms with Crippen LogP contribution in [0.5, 0.6) is 0 Å². The molecular weight excluding hydrogens is 387 g/mol. The van der Waals surface area contributed by atoms with Crippen molar-refractivity contribution in [2.45, 2.75) is 50.7 Å². The first-order chi connectivity index (χ1) is 13.8. The van der Waals surface area contributed by atoms with Gasteiger partial charge in [0.15, 0.2) is 5.69 Å². The molecule has 1 amide bonds. The molecule has 9 heteroatoms. The van der Waals surface area contributed by atoms with Crippen LogP contribution in [0.3, 0.4) is 0 Å². The van der Waals surface area contributed by atoms with E-state index in [1.54, 1.807) is 0 Å². The normalized spacial score (nSPS) is 28.5. The molecule has 0 unspecified atom stereocenters. The Morgan fingerprint density at radius 3 is 2.34 bits per heavy atom. The number of carboxylic acids is 1. The minimum absolute atomic E-state index is 0.0666. The molecule has 0 aromatic carbocycles. The maximum Gasteiger partial charge on any atom is 0.435 e. The van der Waals surface area contributed by atoms with Gasteiger partial charge in [-0.25, -0.2) is 0 Å². The fraction of sp³-hybridized carbons (Fsp3) is 0.650. The Labute approximate surface area is 166 Å². The summed E-state index contributed by atoms with van der Waals surface area (Å²) in [5, 5.41) is 16.0. The van der Waals surface area contributed by atoms with Gasteiger partial charge in [0, 0.05) is 24.7 Å². The fourth-order valence-corrected chi connectivity index (χ4v) is 4.70. The lowest BCUT2D eigenvalue weighted by atomic mass is 9.62. The number of hydrogen-bond donors (Lipinski definition) is 2. The van der Waals surface area contributed by atoms with Gasteiger partial charge in [-0.2, -0.15) is 18.3 Å². The number of aliphatic carboxylic acids is 1. The highest BCUT2D eigenvalue weighted by Gasteiger charge is 2.48. The predicted octanol–water partition coefficient (Wildman–Crippen LogP) is 3.20. The van der Waals surface area contributed by atoms with Gasteiger partial charge in [0.25, 0.3) is 0 Å². The molecule has 1 aromatic heterocycles. The number of alkyl halides is 3. The van der Waals surface area contributed by atoms with Gasteiger partial charge in [-0.15, -0.1) is 0 Å². The van der Waals surface area contributed by atoms with Crippen molar-refractivity contribution in [1.29, 1.82) is 0 Å². The van der Waals surface area contributed by atoms with Gasteiger partial charge in [0.05, 0.1) is 11.8 Å². The van der Waals surface area contributed by atoms with Crippen LogP contribution >= 0.6 is 0 Å². The van der Waals surface area contributed by atoms with Crippen molar-refractivity contribution >= 4 is 11.9 Å². The lowest BCUT2D eigenvalue weighted by molar-refractivity contribution is -0.153. The van der Waals surface area contributed by atoms with Crippen LogP contribution in [0.15, 0.2) is 18.2 Å². The van der Waals surface area contributed by atoms with Gasteiger partial charge in [0.1, 0.15) is 0 Å². The van der Waals surface area contributed by atoms with Gasteiger partial charge in [0.2, 0.25) is 5.91 Å². The molecule has 4 aliphatic carbocycles. The Bertz CT molecular complexity index is 829. The second kappa shape index (κ2) is 7.50. The Morgan fingerprint density at radius 2 is 1.79 bits per heavy atom. The third kappa shape index (κ3) is 4.04. The van der Waals surface area contributed by atoms with Gasteiger partial charge >= 0.3 is 12.1 Å². The Hall–Kier alpha value is -2.32. The average Bonchev–Trinajstić information content (AvgIpc) is 3.43. The van der Waals surface area contributed by atoms with Gasteiger partial charge in [-0.1, -0.05) is 12.2 Å². The summed E-state index contributed by atoms with van der Waals surface area (Å²) in [5.74, 6) is -2.57. The van der Waals surface area contributed by atoms with E-state index in [0.717, 1.165) is 31.7 Å². The number of carboxylic acid groups (broad SMARTS) is 1. The average molecular weight is 411 g/mol. The van der Waals surface area contributed by atoms with Crippen LogP contribution in [-0.4, -0.2) is 33.3 Å². The molecule has 4 atom stereocenters. The van der Waals surface area contributed by atoms with E-state index in [1.807, 2.05) is 12.2 Å².